The van der Waals surface area contributed by atoms with Gasteiger partial charge < -0.3 is 14.5 Å². The summed E-state index contributed by atoms with van der Waals surface area (Å²) in [7, 11) is 0. The molecule has 6 heteroatoms. The van der Waals surface area contributed by atoms with Crippen molar-refractivity contribution in [3.05, 3.63) is 29.3 Å². The molecule has 2 rings (SSSR count). The number of hydrogen-bond acceptors (Lipinski definition) is 3. The molecular weight excluding hydrogens is 316 g/mol. The van der Waals surface area contributed by atoms with Crippen molar-refractivity contribution in [3.8, 4) is 5.75 Å². The molecule has 0 bridgehead atoms. The normalized spacial score (nSPS) is 16.4. The fourth-order valence-corrected chi connectivity index (χ4v) is 2.66. The minimum Gasteiger partial charge on any atom is -0.481 e. The quantitative estimate of drug-likeness (QED) is 0.847. The maximum atomic E-state index is 12.5. The van der Waals surface area contributed by atoms with Gasteiger partial charge in [0.1, 0.15) is 5.75 Å². The first kappa shape index (κ1) is 17.6. The lowest BCUT2D eigenvalue weighted by molar-refractivity contribution is -0.144. The van der Waals surface area contributed by atoms with Crippen LogP contribution in [0.5, 0.6) is 5.75 Å². The maximum absolute atomic E-state index is 12.5. The monoisotopic (exact) mass is 338 g/mol. The van der Waals surface area contributed by atoms with E-state index in [4.69, 9.17) is 16.3 Å². The number of benzene rings is 1. The van der Waals surface area contributed by atoms with Gasteiger partial charge in [-0.25, -0.2) is 0 Å². The molecule has 2 amide bonds. The molecule has 1 aliphatic heterocycles. The second-order valence-corrected chi connectivity index (χ2v) is 6.46. The molecule has 1 saturated heterocycles. The van der Waals surface area contributed by atoms with Crippen LogP contribution in [0.2, 0.25) is 5.02 Å². The van der Waals surface area contributed by atoms with Crippen LogP contribution in [0.1, 0.15) is 20.8 Å². The van der Waals surface area contributed by atoms with Crippen molar-refractivity contribution >= 4 is 23.4 Å². The highest BCUT2D eigenvalue weighted by Gasteiger charge is 2.28. The Labute approximate surface area is 142 Å². The number of nitrogens with zero attached hydrogens (tertiary/aromatic N) is 2. The first-order chi connectivity index (χ1) is 10.9. The van der Waals surface area contributed by atoms with E-state index in [0.29, 0.717) is 37.0 Å². The Morgan fingerprint density at radius 3 is 1.91 bits per heavy atom. The molecule has 0 N–H and O–H groups in total. The average Bonchev–Trinajstić information content (AvgIpc) is 2.55. The van der Waals surface area contributed by atoms with Crippen LogP contribution in [-0.2, 0) is 9.59 Å². The smallest absolute Gasteiger partial charge is 0.263 e. The molecule has 126 valence electrons. The molecule has 0 saturated carbocycles. The molecular formula is C17H23ClN2O3. The molecule has 1 atom stereocenters. The minimum absolute atomic E-state index is 0.00980. The zero-order chi connectivity index (χ0) is 17.0. The van der Waals surface area contributed by atoms with Crippen LogP contribution in [0.25, 0.3) is 0 Å². The standard InChI is InChI=1S/C17H23ClN2O3/c1-12(2)16(21)19-8-10-20(11-9-19)17(22)13(3)23-15-6-4-14(18)5-7-15/h4-7,12-13H,8-11H2,1-3H3. The molecule has 0 spiro atoms. The van der Waals surface area contributed by atoms with Gasteiger partial charge in [-0.05, 0) is 31.2 Å². The lowest BCUT2D eigenvalue weighted by atomic mass is 10.1. The predicted octanol–water partition coefficient (Wildman–Crippen LogP) is 2.43. The van der Waals surface area contributed by atoms with Gasteiger partial charge >= 0.3 is 0 Å². The fraction of sp³-hybridized carbons (Fsp3) is 0.529. The van der Waals surface area contributed by atoms with Crippen molar-refractivity contribution in [2.45, 2.75) is 26.9 Å². The van der Waals surface area contributed by atoms with Gasteiger partial charge in [0.15, 0.2) is 6.10 Å². The van der Waals surface area contributed by atoms with Crippen molar-refractivity contribution in [2.75, 3.05) is 26.2 Å². The molecule has 23 heavy (non-hydrogen) atoms. The van der Waals surface area contributed by atoms with E-state index in [-0.39, 0.29) is 17.7 Å². The van der Waals surface area contributed by atoms with E-state index in [1.807, 2.05) is 18.7 Å². The van der Waals surface area contributed by atoms with Crippen LogP contribution in [-0.4, -0.2) is 53.9 Å². The topological polar surface area (TPSA) is 49.9 Å². The summed E-state index contributed by atoms with van der Waals surface area (Å²) >= 11 is 5.83. The Balaban J connectivity index is 1.86. The van der Waals surface area contributed by atoms with Gasteiger partial charge in [0.05, 0.1) is 0 Å². The van der Waals surface area contributed by atoms with E-state index in [0.717, 1.165) is 0 Å². The summed E-state index contributed by atoms with van der Waals surface area (Å²) in [4.78, 5) is 28.0. The van der Waals surface area contributed by atoms with Gasteiger partial charge in [0.2, 0.25) is 5.91 Å². The van der Waals surface area contributed by atoms with E-state index < -0.39 is 6.10 Å². The van der Waals surface area contributed by atoms with Crippen molar-refractivity contribution in [2.24, 2.45) is 5.92 Å². The average molecular weight is 339 g/mol. The molecule has 0 radical (unpaired) electrons. The Morgan fingerprint density at radius 1 is 0.957 bits per heavy atom. The number of carbonyl (C=O) groups excluding carboxylic acids is 2. The van der Waals surface area contributed by atoms with Gasteiger partial charge in [-0.1, -0.05) is 25.4 Å². The molecule has 0 aliphatic carbocycles. The Kier molecular flexibility index (Phi) is 5.88. The largest absolute Gasteiger partial charge is 0.481 e. The summed E-state index contributed by atoms with van der Waals surface area (Å²) < 4.78 is 5.67. The Hall–Kier alpha value is -1.75. The first-order valence-corrected chi connectivity index (χ1v) is 8.26. The summed E-state index contributed by atoms with van der Waals surface area (Å²) in [6.45, 7) is 7.77. The molecule has 1 unspecified atom stereocenters. The molecule has 1 aromatic carbocycles. The molecule has 1 aromatic rings. The number of ether oxygens (including phenoxy) is 1. The van der Waals surface area contributed by atoms with Gasteiger partial charge in [-0.3, -0.25) is 9.59 Å². The summed E-state index contributed by atoms with van der Waals surface area (Å²) in [5, 5.41) is 0.627. The molecule has 1 fully saturated rings. The lowest BCUT2D eigenvalue weighted by Gasteiger charge is -2.36. The van der Waals surface area contributed by atoms with E-state index in [9.17, 15) is 9.59 Å². The van der Waals surface area contributed by atoms with Gasteiger partial charge in [-0.15, -0.1) is 0 Å². The second kappa shape index (κ2) is 7.68. The van der Waals surface area contributed by atoms with Crippen molar-refractivity contribution in [1.29, 1.82) is 0 Å². The highest BCUT2D eigenvalue weighted by Crippen LogP contribution is 2.18. The summed E-state index contributed by atoms with van der Waals surface area (Å²) in [6, 6.07) is 6.94. The van der Waals surface area contributed by atoms with Crippen molar-refractivity contribution in [3.63, 3.8) is 0 Å². The SMILES string of the molecule is CC(C)C(=O)N1CCN(C(=O)C(C)Oc2ccc(Cl)cc2)CC1. The van der Waals surface area contributed by atoms with Gasteiger partial charge in [0.25, 0.3) is 5.91 Å². The van der Waals surface area contributed by atoms with Gasteiger partial charge in [0, 0.05) is 37.1 Å². The Morgan fingerprint density at radius 2 is 1.43 bits per heavy atom. The third kappa shape index (κ3) is 4.61. The zero-order valence-corrected chi connectivity index (χ0v) is 14.5. The Bertz CT molecular complexity index is 551. The number of piperazine rings is 1. The third-order valence-corrected chi connectivity index (χ3v) is 4.12. The highest BCUT2D eigenvalue weighted by atomic mass is 35.5. The molecule has 1 aliphatic rings. The second-order valence-electron chi connectivity index (χ2n) is 6.02. The van der Waals surface area contributed by atoms with Crippen LogP contribution >= 0.6 is 11.6 Å². The molecule has 1 heterocycles. The van der Waals surface area contributed by atoms with Crippen molar-refractivity contribution in [1.82, 2.24) is 9.80 Å². The predicted molar refractivity (Wildman–Crippen MR) is 89.5 cm³/mol. The van der Waals surface area contributed by atoms with E-state index in [2.05, 4.69) is 0 Å². The lowest BCUT2D eigenvalue weighted by Crippen LogP contribution is -2.53. The van der Waals surface area contributed by atoms with Crippen LogP contribution < -0.4 is 4.74 Å². The van der Waals surface area contributed by atoms with Crippen LogP contribution in [0.15, 0.2) is 24.3 Å². The van der Waals surface area contributed by atoms with Crippen LogP contribution in [0, 0.1) is 5.92 Å². The maximum Gasteiger partial charge on any atom is 0.263 e. The molecule has 0 aromatic heterocycles. The fourth-order valence-electron chi connectivity index (χ4n) is 2.54. The van der Waals surface area contributed by atoms with Crippen LogP contribution in [0.4, 0.5) is 0 Å². The highest BCUT2D eigenvalue weighted by molar-refractivity contribution is 6.30. The third-order valence-electron chi connectivity index (χ3n) is 3.87. The zero-order valence-electron chi connectivity index (χ0n) is 13.8. The first-order valence-electron chi connectivity index (χ1n) is 7.88. The summed E-state index contributed by atoms with van der Waals surface area (Å²) in [5.74, 6) is 0.687. The number of hydrogen-bond donors (Lipinski definition) is 0. The van der Waals surface area contributed by atoms with E-state index >= 15 is 0 Å². The number of rotatable bonds is 4. The number of halogens is 1. The van der Waals surface area contributed by atoms with E-state index in [1.54, 1.807) is 36.1 Å². The van der Waals surface area contributed by atoms with Crippen molar-refractivity contribution < 1.29 is 14.3 Å². The minimum atomic E-state index is -0.566. The molecule has 5 nitrogen and oxygen atoms in total. The van der Waals surface area contributed by atoms with E-state index in [1.165, 1.54) is 0 Å². The van der Waals surface area contributed by atoms with Crippen LogP contribution in [0.3, 0.4) is 0 Å². The number of amides is 2. The number of carbonyl (C=O) groups is 2. The summed E-state index contributed by atoms with van der Waals surface area (Å²) in [5.41, 5.74) is 0. The van der Waals surface area contributed by atoms with Gasteiger partial charge in [-0.2, -0.15) is 0 Å². The summed E-state index contributed by atoms with van der Waals surface area (Å²) in [6.07, 6.45) is -0.566.